The number of rotatable bonds is 8. The molecule has 2 fully saturated rings. The Bertz CT molecular complexity index is 1530. The van der Waals surface area contributed by atoms with E-state index in [2.05, 4.69) is 21.9 Å². The zero-order valence-electron chi connectivity index (χ0n) is 21.9. The minimum Gasteiger partial charge on any atom is -0.484 e. The summed E-state index contributed by atoms with van der Waals surface area (Å²) < 4.78 is 19.3. The molecule has 39 heavy (non-hydrogen) atoms. The van der Waals surface area contributed by atoms with Gasteiger partial charge in [-0.05, 0) is 62.6 Å². The van der Waals surface area contributed by atoms with Gasteiger partial charge in [0.1, 0.15) is 23.5 Å². The van der Waals surface area contributed by atoms with Crippen LogP contribution < -0.4 is 9.47 Å². The number of carbonyl (C=O) groups excluding carboxylic acids is 1. The molecule has 202 valence electrons. The summed E-state index contributed by atoms with van der Waals surface area (Å²) in [5, 5.41) is 0.435. The van der Waals surface area contributed by atoms with Gasteiger partial charge in [-0.2, -0.15) is 4.98 Å². The minimum atomic E-state index is -0.224. The van der Waals surface area contributed by atoms with Gasteiger partial charge in [-0.25, -0.2) is 9.97 Å². The van der Waals surface area contributed by atoms with Crippen LogP contribution in [0.1, 0.15) is 31.0 Å². The number of halogens is 1. The number of fused-ring (bicyclic) bond motifs is 1. The average Bonchev–Trinajstić information content (AvgIpc) is 3.55. The molecule has 3 aromatic heterocycles. The summed E-state index contributed by atoms with van der Waals surface area (Å²) in [5.74, 6) is 1.48. The maximum atomic E-state index is 12.5. The van der Waals surface area contributed by atoms with Crippen molar-refractivity contribution in [3.8, 4) is 23.0 Å². The highest BCUT2D eigenvalue weighted by atomic mass is 35.5. The van der Waals surface area contributed by atoms with Crippen LogP contribution in [0, 0.1) is 6.92 Å². The van der Waals surface area contributed by atoms with Crippen LogP contribution >= 0.6 is 11.6 Å². The van der Waals surface area contributed by atoms with Crippen molar-refractivity contribution >= 4 is 28.7 Å². The van der Waals surface area contributed by atoms with Gasteiger partial charge in [0, 0.05) is 24.8 Å². The molecule has 0 spiro atoms. The molecule has 1 aromatic carbocycles. The lowest BCUT2D eigenvalue weighted by Gasteiger charge is -2.26. The monoisotopic (exact) mass is 548 g/mol. The van der Waals surface area contributed by atoms with E-state index in [9.17, 15) is 4.79 Å². The van der Waals surface area contributed by atoms with Gasteiger partial charge < -0.3 is 23.7 Å². The first-order valence-corrected chi connectivity index (χ1v) is 13.4. The summed E-state index contributed by atoms with van der Waals surface area (Å²) in [4.78, 5) is 32.7. The Labute approximate surface area is 230 Å². The summed E-state index contributed by atoms with van der Waals surface area (Å²) in [6.45, 7) is 6.69. The predicted octanol–water partition coefficient (Wildman–Crippen LogP) is 4.07. The molecule has 1 saturated carbocycles. The first-order valence-electron chi connectivity index (χ1n) is 13.0. The molecule has 0 N–H and O–H groups in total. The number of carbonyl (C=O) groups is 1. The van der Waals surface area contributed by atoms with Crippen molar-refractivity contribution in [2.75, 3.05) is 32.9 Å². The standard InChI is InChI=1S/C28H29ClN6O4/c1-18-5-8-30-19(13-18)15-35-25(33-24-26(35)31-17-32-27(24)39-28(2)6-7-28)21-4-3-20(14-22(21)29)38-16-23(36)34-9-11-37-12-10-34/h3-5,8,13-14,17H,6-7,9-12,15-16H2,1-2H3. The predicted molar refractivity (Wildman–Crippen MR) is 145 cm³/mol. The number of hydrogen-bond acceptors (Lipinski definition) is 8. The first-order chi connectivity index (χ1) is 18.9. The Hall–Kier alpha value is -3.76. The lowest BCUT2D eigenvalue weighted by Crippen LogP contribution is -2.42. The van der Waals surface area contributed by atoms with Gasteiger partial charge in [-0.3, -0.25) is 9.78 Å². The lowest BCUT2D eigenvalue weighted by atomic mass is 10.2. The molecule has 0 atom stereocenters. The van der Waals surface area contributed by atoms with E-state index in [-0.39, 0.29) is 18.1 Å². The van der Waals surface area contributed by atoms with Gasteiger partial charge in [0.2, 0.25) is 5.88 Å². The maximum Gasteiger partial charge on any atom is 0.260 e. The van der Waals surface area contributed by atoms with E-state index < -0.39 is 0 Å². The van der Waals surface area contributed by atoms with Crippen LogP contribution in [0.5, 0.6) is 11.6 Å². The largest absolute Gasteiger partial charge is 0.484 e. The Morgan fingerprint density at radius 1 is 1.13 bits per heavy atom. The quantitative estimate of drug-likeness (QED) is 0.324. The number of aromatic nitrogens is 5. The van der Waals surface area contributed by atoms with Gasteiger partial charge >= 0.3 is 0 Å². The van der Waals surface area contributed by atoms with E-state index in [4.69, 9.17) is 30.8 Å². The minimum absolute atomic E-state index is 0.0672. The van der Waals surface area contributed by atoms with E-state index in [1.807, 2.05) is 29.7 Å². The van der Waals surface area contributed by atoms with E-state index in [0.717, 1.165) is 24.1 Å². The number of imidazole rings is 1. The molecular formula is C28H29ClN6O4. The van der Waals surface area contributed by atoms with Crippen molar-refractivity contribution < 1.29 is 19.0 Å². The average molecular weight is 549 g/mol. The zero-order chi connectivity index (χ0) is 27.0. The third-order valence-corrected chi connectivity index (χ3v) is 7.31. The summed E-state index contributed by atoms with van der Waals surface area (Å²) in [5.41, 5.74) is 3.65. The van der Waals surface area contributed by atoms with E-state index in [0.29, 0.717) is 72.1 Å². The van der Waals surface area contributed by atoms with Crippen molar-refractivity contribution in [1.29, 1.82) is 0 Å². The van der Waals surface area contributed by atoms with Crippen LogP contribution in [0.3, 0.4) is 0 Å². The summed E-state index contributed by atoms with van der Waals surface area (Å²) >= 11 is 6.78. The van der Waals surface area contributed by atoms with E-state index in [1.165, 1.54) is 6.33 Å². The molecule has 0 radical (unpaired) electrons. The van der Waals surface area contributed by atoms with Crippen LogP contribution in [0.4, 0.5) is 0 Å². The molecule has 1 aliphatic carbocycles. The Morgan fingerprint density at radius 3 is 2.69 bits per heavy atom. The molecule has 6 rings (SSSR count). The number of amides is 1. The molecule has 1 aliphatic heterocycles. The van der Waals surface area contributed by atoms with Crippen molar-refractivity contribution in [3.63, 3.8) is 0 Å². The highest BCUT2D eigenvalue weighted by molar-refractivity contribution is 6.33. The fraction of sp³-hybridized carbons (Fsp3) is 0.393. The van der Waals surface area contributed by atoms with Crippen LogP contribution in [0.25, 0.3) is 22.6 Å². The van der Waals surface area contributed by atoms with Gasteiger partial charge in [0.05, 0.1) is 30.5 Å². The molecule has 0 bridgehead atoms. The Balaban J connectivity index is 1.33. The van der Waals surface area contributed by atoms with Crippen LogP contribution in [0.15, 0.2) is 42.9 Å². The van der Waals surface area contributed by atoms with Crippen molar-refractivity contribution in [2.24, 2.45) is 0 Å². The fourth-order valence-corrected chi connectivity index (χ4v) is 4.78. The van der Waals surface area contributed by atoms with Crippen LogP contribution in [-0.4, -0.2) is 73.8 Å². The number of pyridine rings is 1. The van der Waals surface area contributed by atoms with Crippen molar-refractivity contribution in [2.45, 2.75) is 38.8 Å². The summed E-state index contributed by atoms with van der Waals surface area (Å²) in [7, 11) is 0. The molecule has 1 amide bonds. The molecule has 1 saturated heterocycles. The second-order valence-corrected chi connectivity index (χ2v) is 10.6. The number of benzene rings is 1. The highest BCUT2D eigenvalue weighted by Crippen LogP contribution is 2.41. The number of aryl methyl sites for hydroxylation is 1. The van der Waals surface area contributed by atoms with Gasteiger partial charge in [0.15, 0.2) is 17.8 Å². The molecule has 10 nitrogen and oxygen atoms in total. The van der Waals surface area contributed by atoms with E-state index >= 15 is 0 Å². The fourth-order valence-electron chi connectivity index (χ4n) is 4.52. The first kappa shape index (κ1) is 25.5. The Kier molecular flexibility index (Phi) is 6.82. The lowest BCUT2D eigenvalue weighted by molar-refractivity contribution is -0.137. The van der Waals surface area contributed by atoms with Crippen molar-refractivity contribution in [3.05, 3.63) is 59.1 Å². The third kappa shape index (κ3) is 5.53. The zero-order valence-corrected chi connectivity index (χ0v) is 22.6. The molecular weight excluding hydrogens is 520 g/mol. The Morgan fingerprint density at radius 2 is 1.95 bits per heavy atom. The second kappa shape index (κ2) is 10.4. The van der Waals surface area contributed by atoms with Crippen LogP contribution in [0.2, 0.25) is 5.02 Å². The van der Waals surface area contributed by atoms with Gasteiger partial charge in [0.25, 0.3) is 5.91 Å². The second-order valence-electron chi connectivity index (χ2n) is 10.2. The topological polar surface area (TPSA) is 104 Å². The van der Waals surface area contributed by atoms with E-state index in [1.54, 1.807) is 23.2 Å². The molecule has 0 unspecified atom stereocenters. The van der Waals surface area contributed by atoms with Gasteiger partial charge in [-0.15, -0.1) is 0 Å². The summed E-state index contributed by atoms with van der Waals surface area (Å²) in [6.07, 6.45) is 5.23. The SMILES string of the molecule is Cc1ccnc(Cn2c(-c3ccc(OCC(=O)N4CCOCC4)cc3Cl)nc3c(OC4(C)CC4)ncnc32)c1. The maximum absolute atomic E-state index is 12.5. The molecule has 2 aliphatic rings. The number of hydrogen-bond donors (Lipinski definition) is 0. The number of ether oxygens (including phenoxy) is 3. The molecule has 4 heterocycles. The van der Waals surface area contributed by atoms with Crippen LogP contribution in [-0.2, 0) is 16.1 Å². The molecule has 11 heteroatoms. The third-order valence-electron chi connectivity index (χ3n) is 7.00. The van der Waals surface area contributed by atoms with Gasteiger partial charge in [-0.1, -0.05) is 11.6 Å². The smallest absolute Gasteiger partial charge is 0.260 e. The summed E-state index contributed by atoms with van der Waals surface area (Å²) in [6, 6.07) is 9.32. The highest BCUT2D eigenvalue weighted by Gasteiger charge is 2.41. The van der Waals surface area contributed by atoms with Crippen molar-refractivity contribution in [1.82, 2.24) is 29.4 Å². The molecule has 4 aromatic rings. The normalized spacial score (nSPS) is 16.3. The number of nitrogens with zero attached hydrogens (tertiary/aromatic N) is 6. The number of morpholine rings is 1.